The van der Waals surface area contributed by atoms with Gasteiger partial charge in [0.25, 0.3) is 0 Å². The Bertz CT molecular complexity index is 490. The van der Waals surface area contributed by atoms with Crippen LogP contribution in [-0.2, 0) is 12.2 Å². The van der Waals surface area contributed by atoms with Crippen LogP contribution in [0.25, 0.3) is 0 Å². The number of alkyl halides is 1. The van der Waals surface area contributed by atoms with E-state index in [1.54, 1.807) is 30.1 Å². The molecular formula is C14H14FNOS. The summed E-state index contributed by atoms with van der Waals surface area (Å²) in [4.78, 5) is 4.23. The van der Waals surface area contributed by atoms with E-state index in [2.05, 4.69) is 4.98 Å². The molecule has 94 valence electrons. The van der Waals surface area contributed by atoms with Crippen LogP contribution in [0.1, 0.15) is 11.1 Å². The van der Waals surface area contributed by atoms with Gasteiger partial charge in [-0.15, -0.1) is 11.8 Å². The fourth-order valence-corrected chi connectivity index (χ4v) is 2.58. The van der Waals surface area contributed by atoms with E-state index in [4.69, 9.17) is 5.11 Å². The zero-order valence-corrected chi connectivity index (χ0v) is 10.6. The summed E-state index contributed by atoms with van der Waals surface area (Å²) in [5.41, 5.74) is 1.94. The van der Waals surface area contributed by atoms with Crippen LogP contribution in [0, 0.1) is 0 Å². The maximum absolute atomic E-state index is 12.6. The first kappa shape index (κ1) is 13.1. The van der Waals surface area contributed by atoms with Gasteiger partial charge in [-0.05, 0) is 17.2 Å². The van der Waals surface area contributed by atoms with Gasteiger partial charge in [-0.1, -0.05) is 36.4 Å². The Balaban J connectivity index is 2.05. The van der Waals surface area contributed by atoms with E-state index >= 15 is 0 Å². The van der Waals surface area contributed by atoms with Crippen molar-refractivity contribution in [1.29, 1.82) is 0 Å². The van der Waals surface area contributed by atoms with Crippen LogP contribution >= 0.6 is 11.8 Å². The van der Waals surface area contributed by atoms with Gasteiger partial charge < -0.3 is 5.11 Å². The molecule has 1 N–H and O–H groups in total. The van der Waals surface area contributed by atoms with Gasteiger partial charge >= 0.3 is 0 Å². The number of hydrogen-bond acceptors (Lipinski definition) is 3. The molecule has 4 heteroatoms. The monoisotopic (exact) mass is 263 g/mol. The Morgan fingerprint density at radius 2 is 1.94 bits per heavy atom. The van der Waals surface area contributed by atoms with Crippen molar-refractivity contribution in [2.45, 2.75) is 23.6 Å². The fraction of sp³-hybridized carbons (Fsp3) is 0.214. The molecule has 2 nitrogen and oxygen atoms in total. The SMILES string of the molecule is OC(F)Cc1cccnc1SCc1ccccc1. The Morgan fingerprint density at radius 1 is 1.17 bits per heavy atom. The van der Waals surface area contributed by atoms with E-state index in [0.717, 1.165) is 16.3 Å². The van der Waals surface area contributed by atoms with Gasteiger partial charge in [0.2, 0.25) is 6.36 Å². The Kier molecular flexibility index (Phi) is 4.73. The van der Waals surface area contributed by atoms with Gasteiger partial charge in [-0.25, -0.2) is 9.37 Å². The molecule has 2 rings (SSSR count). The van der Waals surface area contributed by atoms with Crippen molar-refractivity contribution in [3.8, 4) is 0 Å². The minimum absolute atomic E-state index is 0.00897. The average molecular weight is 263 g/mol. The van der Waals surface area contributed by atoms with Gasteiger partial charge in [0, 0.05) is 18.4 Å². The van der Waals surface area contributed by atoms with Crippen molar-refractivity contribution in [2.75, 3.05) is 0 Å². The fourth-order valence-electron chi connectivity index (χ4n) is 1.62. The largest absolute Gasteiger partial charge is 0.364 e. The molecule has 0 radical (unpaired) electrons. The lowest BCUT2D eigenvalue weighted by Crippen LogP contribution is -2.04. The maximum atomic E-state index is 12.6. The summed E-state index contributed by atoms with van der Waals surface area (Å²) in [6, 6.07) is 13.6. The second-order valence-corrected chi connectivity index (χ2v) is 4.84. The predicted octanol–water partition coefficient (Wildman–Crippen LogP) is 3.20. The van der Waals surface area contributed by atoms with Crippen LogP contribution in [0.4, 0.5) is 4.39 Å². The molecule has 0 aliphatic heterocycles. The van der Waals surface area contributed by atoms with E-state index in [9.17, 15) is 4.39 Å². The van der Waals surface area contributed by atoms with E-state index < -0.39 is 6.36 Å². The third kappa shape index (κ3) is 3.82. The predicted molar refractivity (Wildman–Crippen MR) is 71.1 cm³/mol. The molecule has 1 aromatic carbocycles. The van der Waals surface area contributed by atoms with Crippen LogP contribution < -0.4 is 0 Å². The number of nitrogens with zero attached hydrogens (tertiary/aromatic N) is 1. The first-order valence-corrected chi connectivity index (χ1v) is 6.67. The van der Waals surface area contributed by atoms with E-state index in [-0.39, 0.29) is 6.42 Å². The molecule has 0 amide bonds. The third-order valence-corrected chi connectivity index (χ3v) is 3.58. The van der Waals surface area contributed by atoms with Gasteiger partial charge in [-0.3, -0.25) is 0 Å². The minimum Gasteiger partial charge on any atom is -0.364 e. The van der Waals surface area contributed by atoms with Gasteiger partial charge in [0.15, 0.2) is 0 Å². The number of aliphatic hydroxyl groups is 1. The second kappa shape index (κ2) is 6.52. The average Bonchev–Trinajstić information content (AvgIpc) is 2.38. The topological polar surface area (TPSA) is 33.1 Å². The summed E-state index contributed by atoms with van der Waals surface area (Å²) in [5.74, 6) is 0.785. The molecule has 18 heavy (non-hydrogen) atoms. The Labute approximate surface area is 110 Å². The molecule has 0 fully saturated rings. The molecule has 2 aromatic rings. The van der Waals surface area contributed by atoms with Crippen molar-refractivity contribution in [3.63, 3.8) is 0 Å². The molecule has 1 unspecified atom stereocenters. The number of aliphatic hydroxyl groups excluding tert-OH is 1. The van der Waals surface area contributed by atoms with Crippen LogP contribution in [0.5, 0.6) is 0 Å². The van der Waals surface area contributed by atoms with Gasteiger partial charge in [0.05, 0.1) is 5.03 Å². The maximum Gasteiger partial charge on any atom is 0.200 e. The lowest BCUT2D eigenvalue weighted by molar-refractivity contribution is 0.0423. The van der Waals surface area contributed by atoms with Crippen LogP contribution in [-0.4, -0.2) is 16.4 Å². The van der Waals surface area contributed by atoms with Crippen molar-refractivity contribution in [1.82, 2.24) is 4.98 Å². The Morgan fingerprint density at radius 3 is 2.67 bits per heavy atom. The second-order valence-electron chi connectivity index (χ2n) is 3.88. The highest BCUT2D eigenvalue weighted by atomic mass is 32.2. The number of pyridine rings is 1. The van der Waals surface area contributed by atoms with Crippen molar-refractivity contribution >= 4 is 11.8 Å². The van der Waals surface area contributed by atoms with Crippen molar-refractivity contribution in [2.24, 2.45) is 0 Å². The molecular weight excluding hydrogens is 249 g/mol. The lowest BCUT2D eigenvalue weighted by atomic mass is 10.2. The van der Waals surface area contributed by atoms with Gasteiger partial charge in [0.1, 0.15) is 0 Å². The van der Waals surface area contributed by atoms with Crippen LogP contribution in [0.15, 0.2) is 53.7 Å². The van der Waals surface area contributed by atoms with Crippen LogP contribution in [0.2, 0.25) is 0 Å². The molecule has 1 heterocycles. The number of thioether (sulfide) groups is 1. The van der Waals surface area contributed by atoms with E-state index in [1.165, 1.54) is 5.56 Å². The highest BCUT2D eigenvalue weighted by Gasteiger charge is 2.09. The van der Waals surface area contributed by atoms with Crippen molar-refractivity contribution < 1.29 is 9.50 Å². The summed E-state index contributed by atoms with van der Waals surface area (Å²) < 4.78 is 12.6. The minimum atomic E-state index is -1.83. The summed E-state index contributed by atoms with van der Waals surface area (Å²) >= 11 is 1.55. The first-order chi connectivity index (χ1) is 8.75. The number of rotatable bonds is 5. The van der Waals surface area contributed by atoms with E-state index in [0.29, 0.717) is 0 Å². The molecule has 1 atom stereocenters. The quantitative estimate of drug-likeness (QED) is 0.841. The number of benzene rings is 1. The normalized spacial score (nSPS) is 12.3. The highest BCUT2D eigenvalue weighted by Crippen LogP contribution is 2.25. The standard InChI is InChI=1S/C14H14FNOS/c15-13(17)9-12-7-4-8-16-14(12)18-10-11-5-2-1-3-6-11/h1-8,13,17H,9-10H2. The summed E-state index contributed by atoms with van der Waals surface area (Å²) in [6.07, 6.45) is -0.155. The van der Waals surface area contributed by atoms with Crippen LogP contribution in [0.3, 0.4) is 0 Å². The summed E-state index contributed by atoms with van der Waals surface area (Å²) in [5, 5.41) is 9.59. The smallest absolute Gasteiger partial charge is 0.200 e. The molecule has 0 spiro atoms. The Hall–Kier alpha value is -1.39. The summed E-state index contributed by atoms with van der Waals surface area (Å²) in [7, 11) is 0. The number of aromatic nitrogens is 1. The highest BCUT2D eigenvalue weighted by molar-refractivity contribution is 7.98. The number of halogens is 1. The molecule has 0 aliphatic carbocycles. The molecule has 0 saturated heterocycles. The number of hydrogen-bond donors (Lipinski definition) is 1. The first-order valence-electron chi connectivity index (χ1n) is 5.68. The van der Waals surface area contributed by atoms with Crippen molar-refractivity contribution in [3.05, 3.63) is 59.8 Å². The molecule has 0 aliphatic rings. The van der Waals surface area contributed by atoms with Gasteiger partial charge in [-0.2, -0.15) is 0 Å². The molecule has 0 saturated carbocycles. The molecule has 0 bridgehead atoms. The summed E-state index contributed by atoms with van der Waals surface area (Å²) in [6.45, 7) is 0. The zero-order chi connectivity index (χ0) is 12.8. The lowest BCUT2D eigenvalue weighted by Gasteiger charge is -2.08. The third-order valence-electron chi connectivity index (χ3n) is 2.46. The molecule has 1 aromatic heterocycles. The van der Waals surface area contributed by atoms with E-state index in [1.807, 2.05) is 30.3 Å². The zero-order valence-electron chi connectivity index (χ0n) is 9.79.